The first-order valence-corrected chi connectivity index (χ1v) is 12.2. The van der Waals surface area contributed by atoms with Gasteiger partial charge < -0.3 is 4.90 Å². The molecule has 0 spiro atoms. The van der Waals surface area contributed by atoms with Crippen LogP contribution in [0.4, 0.5) is 0 Å². The molecule has 0 aliphatic carbocycles. The number of hydrogen-bond acceptors (Lipinski definition) is 5. The Morgan fingerprint density at radius 3 is 2.65 bits per heavy atom. The Bertz CT molecular complexity index is 1330. The summed E-state index contributed by atoms with van der Waals surface area (Å²) in [5.74, 6) is 0. The fraction of sp³-hybridized carbons (Fsp3) is 0.370. The van der Waals surface area contributed by atoms with E-state index in [4.69, 9.17) is 4.98 Å². The van der Waals surface area contributed by atoms with E-state index in [0.29, 0.717) is 12.2 Å². The van der Waals surface area contributed by atoms with Crippen LogP contribution in [-0.4, -0.2) is 61.7 Å². The minimum absolute atomic E-state index is 0.0681. The van der Waals surface area contributed by atoms with Gasteiger partial charge in [-0.25, -0.2) is 9.48 Å². The molecule has 4 heterocycles. The predicted molar refractivity (Wildman–Crippen MR) is 135 cm³/mol. The van der Waals surface area contributed by atoms with Crippen LogP contribution in [0.2, 0.25) is 0 Å². The van der Waals surface area contributed by atoms with Gasteiger partial charge in [0.15, 0.2) is 5.65 Å². The fourth-order valence-electron chi connectivity index (χ4n) is 4.94. The molecule has 1 aliphatic rings. The van der Waals surface area contributed by atoms with Crippen molar-refractivity contribution >= 4 is 5.65 Å². The van der Waals surface area contributed by atoms with Crippen LogP contribution in [-0.2, 0) is 6.54 Å². The standard InChI is InChI=1S/C27H32N6O/c1-3-31-19-18-30(15-9-17-33-27(34)32-16-7-6-14-26(32)29-33)20-25(31)24-13-8-12-23(28-24)22-11-5-4-10-21(22)2/h4-8,10-14,16,25H,3,9,15,17-20H2,1-2H3. The highest BCUT2D eigenvalue weighted by molar-refractivity contribution is 5.63. The summed E-state index contributed by atoms with van der Waals surface area (Å²) in [4.78, 5) is 22.7. The summed E-state index contributed by atoms with van der Waals surface area (Å²) in [7, 11) is 0. The van der Waals surface area contributed by atoms with Gasteiger partial charge in [0.05, 0.1) is 17.4 Å². The van der Waals surface area contributed by atoms with Crippen LogP contribution < -0.4 is 5.69 Å². The molecule has 5 rings (SSSR count). The molecule has 1 fully saturated rings. The zero-order valence-electron chi connectivity index (χ0n) is 20.0. The third kappa shape index (κ3) is 4.54. The van der Waals surface area contributed by atoms with E-state index >= 15 is 0 Å². The summed E-state index contributed by atoms with van der Waals surface area (Å²) in [5.41, 5.74) is 5.23. The summed E-state index contributed by atoms with van der Waals surface area (Å²) in [5, 5.41) is 4.46. The van der Waals surface area contributed by atoms with Crippen molar-refractivity contribution < 1.29 is 0 Å². The van der Waals surface area contributed by atoms with Crippen molar-refractivity contribution in [2.75, 3.05) is 32.7 Å². The van der Waals surface area contributed by atoms with Gasteiger partial charge in [-0.2, -0.15) is 0 Å². The Morgan fingerprint density at radius 1 is 0.971 bits per heavy atom. The number of rotatable bonds is 7. The highest BCUT2D eigenvalue weighted by atomic mass is 16.2. The Labute approximate surface area is 200 Å². The molecule has 1 unspecified atom stereocenters. The number of piperazine rings is 1. The lowest BCUT2D eigenvalue weighted by Gasteiger charge is -2.40. The average molecular weight is 457 g/mol. The highest BCUT2D eigenvalue weighted by Crippen LogP contribution is 2.27. The Morgan fingerprint density at radius 2 is 1.82 bits per heavy atom. The number of fused-ring (bicyclic) bond motifs is 1. The second-order valence-electron chi connectivity index (χ2n) is 9.00. The number of hydrogen-bond donors (Lipinski definition) is 0. The minimum atomic E-state index is -0.0681. The van der Waals surface area contributed by atoms with Gasteiger partial charge in [-0.05, 0) is 49.7 Å². The molecule has 0 radical (unpaired) electrons. The normalized spacial score (nSPS) is 17.4. The number of likely N-dealkylation sites (N-methyl/N-ethyl adjacent to an activating group) is 1. The van der Waals surface area contributed by atoms with Crippen LogP contribution in [0.3, 0.4) is 0 Å². The number of pyridine rings is 2. The number of aryl methyl sites for hydroxylation is 2. The molecule has 1 aliphatic heterocycles. The molecule has 4 aromatic rings. The molecule has 0 bridgehead atoms. The van der Waals surface area contributed by atoms with E-state index in [9.17, 15) is 4.79 Å². The van der Waals surface area contributed by atoms with Crippen LogP contribution in [0.15, 0.2) is 71.7 Å². The second-order valence-corrected chi connectivity index (χ2v) is 9.00. The summed E-state index contributed by atoms with van der Waals surface area (Å²) < 4.78 is 3.19. The molecule has 0 saturated carbocycles. The molecule has 7 heteroatoms. The van der Waals surface area contributed by atoms with E-state index in [1.165, 1.54) is 11.1 Å². The number of nitrogens with zero attached hydrogens (tertiary/aromatic N) is 6. The SMILES string of the molecule is CCN1CCN(CCCn2nc3ccccn3c2=O)CC1c1cccc(-c2ccccc2C)n1. The summed E-state index contributed by atoms with van der Waals surface area (Å²) >= 11 is 0. The summed E-state index contributed by atoms with van der Waals surface area (Å²) in [6.07, 6.45) is 2.66. The number of benzene rings is 1. The van der Waals surface area contributed by atoms with Crippen molar-refractivity contribution in [2.45, 2.75) is 32.9 Å². The van der Waals surface area contributed by atoms with Gasteiger partial charge in [0.1, 0.15) is 0 Å². The molecular weight excluding hydrogens is 424 g/mol. The Kier molecular flexibility index (Phi) is 6.56. The van der Waals surface area contributed by atoms with E-state index in [1.54, 1.807) is 15.3 Å². The summed E-state index contributed by atoms with van der Waals surface area (Å²) in [6.45, 7) is 9.92. The molecule has 0 amide bonds. The lowest BCUT2D eigenvalue weighted by atomic mass is 10.0. The topological polar surface area (TPSA) is 58.7 Å². The van der Waals surface area contributed by atoms with Gasteiger partial charge >= 0.3 is 5.69 Å². The Balaban J connectivity index is 1.28. The molecular formula is C27H32N6O. The zero-order chi connectivity index (χ0) is 23.5. The van der Waals surface area contributed by atoms with Crippen LogP contribution in [0.1, 0.15) is 30.6 Å². The van der Waals surface area contributed by atoms with Crippen LogP contribution in [0, 0.1) is 6.92 Å². The molecule has 176 valence electrons. The average Bonchev–Trinajstić information content (AvgIpc) is 3.20. The molecule has 3 aromatic heterocycles. The highest BCUT2D eigenvalue weighted by Gasteiger charge is 2.28. The zero-order valence-corrected chi connectivity index (χ0v) is 20.0. The van der Waals surface area contributed by atoms with Crippen molar-refractivity contribution in [3.8, 4) is 11.3 Å². The van der Waals surface area contributed by atoms with Crippen molar-refractivity contribution in [3.63, 3.8) is 0 Å². The van der Waals surface area contributed by atoms with E-state index in [2.05, 4.69) is 71.2 Å². The third-order valence-electron chi connectivity index (χ3n) is 6.85. The predicted octanol–water partition coefficient (Wildman–Crippen LogP) is 3.64. The third-order valence-corrected chi connectivity index (χ3v) is 6.85. The van der Waals surface area contributed by atoms with Crippen molar-refractivity contribution in [1.29, 1.82) is 0 Å². The van der Waals surface area contributed by atoms with Crippen LogP contribution >= 0.6 is 0 Å². The van der Waals surface area contributed by atoms with Gasteiger partial charge in [-0.15, -0.1) is 5.10 Å². The van der Waals surface area contributed by atoms with Gasteiger partial charge in [-0.1, -0.05) is 43.3 Å². The van der Waals surface area contributed by atoms with E-state index in [-0.39, 0.29) is 11.7 Å². The quantitative estimate of drug-likeness (QED) is 0.425. The smallest absolute Gasteiger partial charge is 0.300 e. The van der Waals surface area contributed by atoms with Crippen LogP contribution in [0.25, 0.3) is 16.9 Å². The second kappa shape index (κ2) is 9.91. The van der Waals surface area contributed by atoms with Gasteiger partial charge in [0.2, 0.25) is 0 Å². The van der Waals surface area contributed by atoms with E-state index < -0.39 is 0 Å². The van der Waals surface area contributed by atoms with Crippen molar-refractivity contribution in [2.24, 2.45) is 0 Å². The first-order chi connectivity index (χ1) is 16.6. The molecule has 1 saturated heterocycles. The minimum Gasteiger partial charge on any atom is -0.300 e. The van der Waals surface area contributed by atoms with Gasteiger partial charge in [0, 0.05) is 44.5 Å². The largest absolute Gasteiger partial charge is 0.350 e. The lowest BCUT2D eigenvalue weighted by molar-refractivity contribution is 0.0746. The first-order valence-electron chi connectivity index (χ1n) is 12.2. The Hall–Kier alpha value is -3.29. The summed E-state index contributed by atoms with van der Waals surface area (Å²) in [6, 6.07) is 20.7. The molecule has 7 nitrogen and oxygen atoms in total. The molecule has 1 aromatic carbocycles. The van der Waals surface area contributed by atoms with Crippen molar-refractivity contribution in [3.05, 3.63) is 88.6 Å². The maximum absolute atomic E-state index is 12.5. The van der Waals surface area contributed by atoms with Gasteiger partial charge in [0.25, 0.3) is 0 Å². The monoisotopic (exact) mass is 456 g/mol. The maximum Gasteiger partial charge on any atom is 0.350 e. The van der Waals surface area contributed by atoms with Gasteiger partial charge in [-0.3, -0.25) is 14.3 Å². The lowest BCUT2D eigenvalue weighted by Crippen LogP contribution is -2.48. The van der Waals surface area contributed by atoms with E-state index in [0.717, 1.165) is 50.5 Å². The maximum atomic E-state index is 12.5. The number of aromatic nitrogens is 4. The molecule has 34 heavy (non-hydrogen) atoms. The van der Waals surface area contributed by atoms with Crippen LogP contribution in [0.5, 0.6) is 0 Å². The van der Waals surface area contributed by atoms with Crippen molar-refractivity contribution in [1.82, 2.24) is 29.0 Å². The van der Waals surface area contributed by atoms with E-state index in [1.807, 2.05) is 18.2 Å². The molecule has 1 atom stereocenters. The fourth-order valence-corrected chi connectivity index (χ4v) is 4.94. The first kappa shape index (κ1) is 22.5. The molecule has 0 N–H and O–H groups in total.